The minimum Gasteiger partial charge on any atom is -0.493 e. The maximum absolute atomic E-state index is 5.51. The summed E-state index contributed by atoms with van der Waals surface area (Å²) in [6.45, 7) is 4.37. The van der Waals surface area contributed by atoms with Crippen LogP contribution in [0.2, 0.25) is 0 Å². The summed E-state index contributed by atoms with van der Waals surface area (Å²) in [7, 11) is 1.67. The van der Waals surface area contributed by atoms with Crippen LogP contribution >= 0.6 is 0 Å². The number of ether oxygens (including phenoxy) is 2. The number of methoxy groups -OCH3 is 1. The molecule has 2 N–H and O–H groups in total. The minimum absolute atomic E-state index is 0.640. The molecule has 1 aromatic heterocycles. The van der Waals surface area contributed by atoms with E-state index in [0.29, 0.717) is 6.61 Å². The first-order valence-electron chi connectivity index (χ1n) is 6.84. The summed E-state index contributed by atoms with van der Waals surface area (Å²) >= 11 is 0. The zero-order valence-electron chi connectivity index (χ0n) is 12.0. The van der Waals surface area contributed by atoms with Gasteiger partial charge in [-0.2, -0.15) is 0 Å². The summed E-state index contributed by atoms with van der Waals surface area (Å²) in [5.74, 6) is 1.58. The van der Waals surface area contributed by atoms with Gasteiger partial charge >= 0.3 is 0 Å². The molecule has 0 atom stereocenters. The monoisotopic (exact) mass is 273 g/mol. The average molecular weight is 273 g/mol. The van der Waals surface area contributed by atoms with E-state index >= 15 is 0 Å². The van der Waals surface area contributed by atoms with Crippen LogP contribution in [0.4, 0.5) is 0 Å². The molecule has 106 valence electrons. The lowest BCUT2D eigenvalue weighted by Gasteiger charge is -2.10. The van der Waals surface area contributed by atoms with E-state index in [0.717, 1.165) is 30.3 Å². The lowest BCUT2D eigenvalue weighted by molar-refractivity contribution is -0.686. The number of nitrogens with two attached hydrogens (primary N) is 1. The van der Waals surface area contributed by atoms with E-state index in [1.165, 1.54) is 5.56 Å². The second-order valence-electron chi connectivity index (χ2n) is 4.44. The van der Waals surface area contributed by atoms with Gasteiger partial charge in [0.1, 0.15) is 13.1 Å². The third kappa shape index (κ3) is 3.96. The summed E-state index contributed by atoms with van der Waals surface area (Å²) in [5.41, 5.74) is 2.30. The molecule has 1 aromatic carbocycles. The summed E-state index contributed by atoms with van der Waals surface area (Å²) in [6.07, 6.45) is 1.82. The van der Waals surface area contributed by atoms with Crippen LogP contribution in [-0.2, 0) is 13.1 Å². The van der Waals surface area contributed by atoms with E-state index in [2.05, 4.69) is 16.4 Å². The van der Waals surface area contributed by atoms with E-state index < -0.39 is 0 Å². The SMILES string of the molecule is CCOc1ccc(C[NH2+]Cc2ccccn2)cc1OC. The van der Waals surface area contributed by atoms with Crippen molar-refractivity contribution in [3.8, 4) is 11.5 Å². The molecule has 0 saturated carbocycles. The van der Waals surface area contributed by atoms with Gasteiger partial charge in [-0.25, -0.2) is 0 Å². The molecule has 2 aromatic rings. The molecule has 0 aliphatic heterocycles. The van der Waals surface area contributed by atoms with Crippen molar-refractivity contribution >= 4 is 0 Å². The highest BCUT2D eigenvalue weighted by atomic mass is 16.5. The Labute approximate surface area is 119 Å². The molecule has 0 aliphatic rings. The van der Waals surface area contributed by atoms with Gasteiger partial charge in [-0.3, -0.25) is 4.98 Å². The Morgan fingerprint density at radius 2 is 2.00 bits per heavy atom. The zero-order valence-corrected chi connectivity index (χ0v) is 12.0. The van der Waals surface area contributed by atoms with E-state index in [1.807, 2.05) is 43.5 Å². The fraction of sp³-hybridized carbons (Fsp3) is 0.312. The molecule has 0 spiro atoms. The number of hydrogen-bond donors (Lipinski definition) is 1. The predicted molar refractivity (Wildman–Crippen MR) is 77.7 cm³/mol. The second kappa shape index (κ2) is 7.50. The number of pyridine rings is 1. The van der Waals surface area contributed by atoms with Gasteiger partial charge in [0.15, 0.2) is 11.5 Å². The van der Waals surface area contributed by atoms with Crippen molar-refractivity contribution in [3.05, 3.63) is 53.9 Å². The number of aromatic nitrogens is 1. The largest absolute Gasteiger partial charge is 0.493 e. The first-order valence-corrected chi connectivity index (χ1v) is 6.84. The van der Waals surface area contributed by atoms with Gasteiger partial charge in [0.25, 0.3) is 0 Å². The van der Waals surface area contributed by atoms with Crippen molar-refractivity contribution in [1.82, 2.24) is 4.98 Å². The van der Waals surface area contributed by atoms with Gasteiger partial charge in [0.05, 0.1) is 19.4 Å². The molecule has 20 heavy (non-hydrogen) atoms. The van der Waals surface area contributed by atoms with Crippen LogP contribution in [0, 0.1) is 0 Å². The number of rotatable bonds is 7. The van der Waals surface area contributed by atoms with Gasteiger partial charge < -0.3 is 14.8 Å². The highest BCUT2D eigenvalue weighted by Gasteiger charge is 2.06. The lowest BCUT2D eigenvalue weighted by Crippen LogP contribution is -2.80. The Kier molecular flexibility index (Phi) is 5.38. The van der Waals surface area contributed by atoms with Crippen LogP contribution < -0.4 is 14.8 Å². The minimum atomic E-state index is 0.640. The van der Waals surface area contributed by atoms with Gasteiger partial charge in [-0.15, -0.1) is 0 Å². The fourth-order valence-electron chi connectivity index (χ4n) is 2.02. The van der Waals surface area contributed by atoms with E-state index in [9.17, 15) is 0 Å². The molecule has 0 aliphatic carbocycles. The zero-order chi connectivity index (χ0) is 14.2. The highest BCUT2D eigenvalue weighted by Crippen LogP contribution is 2.27. The van der Waals surface area contributed by atoms with Crippen molar-refractivity contribution in [1.29, 1.82) is 0 Å². The summed E-state index contributed by atoms with van der Waals surface area (Å²) < 4.78 is 10.9. The Balaban J connectivity index is 1.93. The molecule has 0 amide bonds. The van der Waals surface area contributed by atoms with Crippen molar-refractivity contribution in [3.63, 3.8) is 0 Å². The third-order valence-corrected chi connectivity index (χ3v) is 2.99. The Morgan fingerprint density at radius 3 is 2.70 bits per heavy atom. The maximum Gasteiger partial charge on any atom is 0.161 e. The van der Waals surface area contributed by atoms with Crippen LogP contribution in [0.1, 0.15) is 18.2 Å². The van der Waals surface area contributed by atoms with Gasteiger partial charge in [-0.05, 0) is 37.3 Å². The van der Waals surface area contributed by atoms with Crippen molar-refractivity contribution in [2.24, 2.45) is 0 Å². The first kappa shape index (κ1) is 14.3. The van der Waals surface area contributed by atoms with Crippen LogP contribution in [0.25, 0.3) is 0 Å². The standard InChI is InChI=1S/C16H20N2O2/c1-3-20-15-8-7-13(10-16(15)19-2)11-17-12-14-6-4-5-9-18-14/h4-10,17H,3,11-12H2,1-2H3/p+1. The van der Waals surface area contributed by atoms with E-state index in [1.54, 1.807) is 7.11 Å². The molecule has 4 nitrogen and oxygen atoms in total. The lowest BCUT2D eigenvalue weighted by atomic mass is 10.2. The average Bonchev–Trinajstić information content (AvgIpc) is 2.50. The van der Waals surface area contributed by atoms with Crippen molar-refractivity contribution in [2.75, 3.05) is 13.7 Å². The highest BCUT2D eigenvalue weighted by molar-refractivity contribution is 5.42. The van der Waals surface area contributed by atoms with E-state index in [-0.39, 0.29) is 0 Å². The number of nitrogens with zero attached hydrogens (tertiary/aromatic N) is 1. The van der Waals surface area contributed by atoms with Crippen LogP contribution in [0.5, 0.6) is 11.5 Å². The normalized spacial score (nSPS) is 10.3. The number of quaternary nitrogens is 1. The summed E-state index contributed by atoms with van der Waals surface area (Å²) in [6, 6.07) is 12.0. The van der Waals surface area contributed by atoms with Crippen molar-refractivity contribution < 1.29 is 14.8 Å². The first-order chi connectivity index (χ1) is 9.83. The van der Waals surface area contributed by atoms with Gasteiger partial charge in [-0.1, -0.05) is 6.07 Å². The van der Waals surface area contributed by atoms with Crippen molar-refractivity contribution in [2.45, 2.75) is 20.0 Å². The quantitative estimate of drug-likeness (QED) is 0.836. The molecule has 0 saturated heterocycles. The van der Waals surface area contributed by atoms with Gasteiger partial charge in [0.2, 0.25) is 0 Å². The molecular formula is C16H21N2O2+. The molecule has 0 fully saturated rings. The predicted octanol–water partition coefficient (Wildman–Crippen LogP) is 1.75. The Morgan fingerprint density at radius 1 is 1.10 bits per heavy atom. The molecule has 0 radical (unpaired) electrons. The van der Waals surface area contributed by atoms with Gasteiger partial charge in [0, 0.05) is 11.8 Å². The second-order valence-corrected chi connectivity index (χ2v) is 4.44. The molecule has 1 heterocycles. The summed E-state index contributed by atoms with van der Waals surface area (Å²) in [4.78, 5) is 4.31. The third-order valence-electron chi connectivity index (χ3n) is 2.99. The molecule has 4 heteroatoms. The van der Waals surface area contributed by atoms with Crippen LogP contribution in [0.3, 0.4) is 0 Å². The molecular weight excluding hydrogens is 252 g/mol. The summed E-state index contributed by atoms with van der Waals surface area (Å²) in [5, 5.41) is 2.22. The molecule has 2 rings (SSSR count). The van der Waals surface area contributed by atoms with E-state index in [4.69, 9.17) is 9.47 Å². The number of hydrogen-bond acceptors (Lipinski definition) is 3. The molecule has 0 unspecified atom stereocenters. The Bertz CT molecular complexity index is 529. The Hall–Kier alpha value is -2.07. The fourth-order valence-corrected chi connectivity index (χ4v) is 2.02. The number of benzene rings is 1. The smallest absolute Gasteiger partial charge is 0.161 e. The molecule has 0 bridgehead atoms. The van der Waals surface area contributed by atoms with Crippen LogP contribution in [-0.4, -0.2) is 18.7 Å². The maximum atomic E-state index is 5.51. The van der Waals surface area contributed by atoms with Crippen LogP contribution in [0.15, 0.2) is 42.6 Å². The topological polar surface area (TPSA) is 48.0 Å².